The lowest BCUT2D eigenvalue weighted by atomic mass is 9.93. The van der Waals surface area contributed by atoms with E-state index in [1.165, 1.54) is 0 Å². The van der Waals surface area contributed by atoms with Gasteiger partial charge in [-0.2, -0.15) is 0 Å². The maximum Gasteiger partial charge on any atom is 0.336 e. The lowest BCUT2D eigenvalue weighted by Crippen LogP contribution is -2.05. The molecule has 0 saturated carbocycles. The van der Waals surface area contributed by atoms with Gasteiger partial charge in [-0.1, -0.05) is 61.9 Å². The minimum atomic E-state index is -0.849. The van der Waals surface area contributed by atoms with Crippen molar-refractivity contribution in [1.82, 2.24) is 0 Å². The number of benzene rings is 2. The third kappa shape index (κ3) is 2.43. The highest BCUT2D eigenvalue weighted by molar-refractivity contribution is 5.97. The van der Waals surface area contributed by atoms with E-state index in [0.717, 1.165) is 29.5 Å². The molecule has 0 aliphatic carbocycles. The Morgan fingerprint density at radius 1 is 1.06 bits per heavy atom. The Labute approximate surface area is 107 Å². The molecule has 0 fully saturated rings. The third-order valence-corrected chi connectivity index (χ3v) is 2.97. The first kappa shape index (κ1) is 12.4. The summed E-state index contributed by atoms with van der Waals surface area (Å²) in [5.41, 5.74) is 3.10. The van der Waals surface area contributed by atoms with E-state index in [2.05, 4.69) is 6.92 Å². The lowest BCUT2D eigenvalue weighted by Gasteiger charge is -2.11. The highest BCUT2D eigenvalue weighted by Gasteiger charge is 2.15. The van der Waals surface area contributed by atoms with Gasteiger partial charge in [0, 0.05) is 0 Å². The van der Waals surface area contributed by atoms with Gasteiger partial charge >= 0.3 is 5.97 Å². The molecule has 2 heteroatoms. The molecule has 0 spiro atoms. The van der Waals surface area contributed by atoms with Crippen LogP contribution in [0.25, 0.3) is 11.1 Å². The summed E-state index contributed by atoms with van der Waals surface area (Å²) in [4.78, 5) is 11.5. The minimum absolute atomic E-state index is 0.436. The predicted octanol–water partition coefficient (Wildman–Crippen LogP) is 4.00. The van der Waals surface area contributed by atoms with Crippen molar-refractivity contribution in [2.75, 3.05) is 0 Å². The SMILES string of the molecule is CCCc1cccc(-c2ccccc2)c1C(=O)O. The second-order valence-electron chi connectivity index (χ2n) is 4.26. The number of aromatic carboxylic acids is 1. The summed E-state index contributed by atoms with van der Waals surface area (Å²) < 4.78 is 0. The number of carbonyl (C=O) groups is 1. The van der Waals surface area contributed by atoms with Crippen molar-refractivity contribution in [3.8, 4) is 11.1 Å². The molecule has 0 aromatic heterocycles. The number of carboxylic acids is 1. The van der Waals surface area contributed by atoms with E-state index in [4.69, 9.17) is 0 Å². The van der Waals surface area contributed by atoms with Crippen molar-refractivity contribution in [1.29, 1.82) is 0 Å². The topological polar surface area (TPSA) is 37.3 Å². The molecule has 18 heavy (non-hydrogen) atoms. The van der Waals surface area contributed by atoms with Crippen LogP contribution in [0.2, 0.25) is 0 Å². The summed E-state index contributed by atoms with van der Waals surface area (Å²) in [6.45, 7) is 2.06. The van der Waals surface area contributed by atoms with Crippen molar-refractivity contribution in [2.24, 2.45) is 0 Å². The van der Waals surface area contributed by atoms with Gasteiger partial charge in [0.25, 0.3) is 0 Å². The highest BCUT2D eigenvalue weighted by Crippen LogP contribution is 2.27. The van der Waals surface area contributed by atoms with Gasteiger partial charge in [-0.15, -0.1) is 0 Å². The van der Waals surface area contributed by atoms with Crippen LogP contribution in [0.1, 0.15) is 29.3 Å². The van der Waals surface area contributed by atoms with E-state index in [-0.39, 0.29) is 0 Å². The second-order valence-corrected chi connectivity index (χ2v) is 4.26. The van der Waals surface area contributed by atoms with Crippen molar-refractivity contribution in [2.45, 2.75) is 19.8 Å². The van der Waals surface area contributed by atoms with Gasteiger partial charge in [-0.3, -0.25) is 0 Å². The fourth-order valence-corrected chi connectivity index (χ4v) is 2.19. The van der Waals surface area contributed by atoms with Crippen LogP contribution >= 0.6 is 0 Å². The van der Waals surface area contributed by atoms with E-state index >= 15 is 0 Å². The number of carboxylic acid groups (broad SMARTS) is 1. The highest BCUT2D eigenvalue weighted by atomic mass is 16.4. The maximum absolute atomic E-state index is 11.5. The molecule has 0 heterocycles. The van der Waals surface area contributed by atoms with E-state index in [9.17, 15) is 9.90 Å². The summed E-state index contributed by atoms with van der Waals surface area (Å²) in [7, 11) is 0. The van der Waals surface area contributed by atoms with Crippen LogP contribution in [0, 0.1) is 0 Å². The van der Waals surface area contributed by atoms with E-state index in [1.54, 1.807) is 0 Å². The van der Waals surface area contributed by atoms with Crippen LogP contribution in [0.3, 0.4) is 0 Å². The molecule has 0 saturated heterocycles. The van der Waals surface area contributed by atoms with Gasteiger partial charge in [0.05, 0.1) is 5.56 Å². The van der Waals surface area contributed by atoms with Crippen molar-refractivity contribution < 1.29 is 9.90 Å². The Morgan fingerprint density at radius 2 is 1.78 bits per heavy atom. The number of aryl methyl sites for hydroxylation is 1. The Kier molecular flexibility index (Phi) is 3.78. The van der Waals surface area contributed by atoms with Gasteiger partial charge in [0.1, 0.15) is 0 Å². The van der Waals surface area contributed by atoms with Crippen LogP contribution in [-0.2, 0) is 6.42 Å². The molecule has 92 valence electrons. The molecule has 0 atom stereocenters. The van der Waals surface area contributed by atoms with Crippen molar-refractivity contribution >= 4 is 5.97 Å². The molecular weight excluding hydrogens is 224 g/mol. The minimum Gasteiger partial charge on any atom is -0.478 e. The molecule has 2 aromatic carbocycles. The first-order valence-electron chi connectivity index (χ1n) is 6.14. The third-order valence-electron chi connectivity index (χ3n) is 2.97. The second kappa shape index (κ2) is 5.50. The Bertz CT molecular complexity index is 544. The average molecular weight is 240 g/mol. The number of rotatable bonds is 4. The van der Waals surface area contributed by atoms with Crippen LogP contribution in [0.4, 0.5) is 0 Å². The summed E-state index contributed by atoms with van der Waals surface area (Å²) >= 11 is 0. The van der Waals surface area contributed by atoms with Crippen molar-refractivity contribution in [3.63, 3.8) is 0 Å². The maximum atomic E-state index is 11.5. The van der Waals surface area contributed by atoms with Crippen LogP contribution in [-0.4, -0.2) is 11.1 Å². The normalized spacial score (nSPS) is 10.3. The smallest absolute Gasteiger partial charge is 0.336 e. The first-order valence-corrected chi connectivity index (χ1v) is 6.14. The standard InChI is InChI=1S/C16H16O2/c1-2-7-13-10-6-11-14(15(13)16(17)18)12-8-4-3-5-9-12/h3-6,8-11H,2,7H2,1H3,(H,17,18). The van der Waals surface area contributed by atoms with E-state index in [1.807, 2.05) is 48.5 Å². The summed E-state index contributed by atoms with van der Waals surface area (Å²) in [6, 6.07) is 15.4. The number of hydrogen-bond acceptors (Lipinski definition) is 1. The lowest BCUT2D eigenvalue weighted by molar-refractivity contribution is 0.0696. The Hall–Kier alpha value is -2.09. The summed E-state index contributed by atoms with van der Waals surface area (Å²) in [6.07, 6.45) is 1.74. The van der Waals surface area contributed by atoms with Crippen LogP contribution in [0.5, 0.6) is 0 Å². The van der Waals surface area contributed by atoms with Gasteiger partial charge in [-0.25, -0.2) is 4.79 Å². The van der Waals surface area contributed by atoms with Gasteiger partial charge in [-0.05, 0) is 23.1 Å². The fraction of sp³-hybridized carbons (Fsp3) is 0.188. The van der Waals surface area contributed by atoms with Crippen LogP contribution < -0.4 is 0 Å². The Morgan fingerprint density at radius 3 is 2.39 bits per heavy atom. The molecule has 1 N–H and O–H groups in total. The molecule has 0 aliphatic heterocycles. The van der Waals surface area contributed by atoms with Gasteiger partial charge in [0.15, 0.2) is 0 Å². The summed E-state index contributed by atoms with van der Waals surface area (Å²) in [5.74, 6) is -0.849. The zero-order valence-corrected chi connectivity index (χ0v) is 10.4. The molecule has 0 amide bonds. The van der Waals surface area contributed by atoms with E-state index in [0.29, 0.717) is 5.56 Å². The number of hydrogen-bond donors (Lipinski definition) is 1. The molecule has 0 aliphatic rings. The van der Waals surface area contributed by atoms with Crippen molar-refractivity contribution in [3.05, 3.63) is 59.7 Å². The fourth-order valence-electron chi connectivity index (χ4n) is 2.19. The zero-order chi connectivity index (χ0) is 13.0. The largest absolute Gasteiger partial charge is 0.478 e. The molecule has 0 unspecified atom stereocenters. The zero-order valence-electron chi connectivity index (χ0n) is 10.4. The molecule has 0 radical (unpaired) electrons. The van der Waals surface area contributed by atoms with Crippen LogP contribution in [0.15, 0.2) is 48.5 Å². The average Bonchev–Trinajstić information content (AvgIpc) is 2.39. The summed E-state index contributed by atoms with van der Waals surface area (Å²) in [5, 5.41) is 9.43. The Balaban J connectivity index is 2.60. The van der Waals surface area contributed by atoms with Gasteiger partial charge < -0.3 is 5.11 Å². The van der Waals surface area contributed by atoms with Gasteiger partial charge in [0.2, 0.25) is 0 Å². The monoisotopic (exact) mass is 240 g/mol. The quantitative estimate of drug-likeness (QED) is 0.876. The molecule has 2 rings (SSSR count). The molecular formula is C16H16O2. The molecule has 0 bridgehead atoms. The molecule has 2 aromatic rings. The predicted molar refractivity (Wildman–Crippen MR) is 72.8 cm³/mol. The molecule has 2 nitrogen and oxygen atoms in total. The van der Waals surface area contributed by atoms with E-state index < -0.39 is 5.97 Å². The first-order chi connectivity index (χ1) is 8.74.